The smallest absolute Gasteiger partial charge is 0.254 e. The van der Waals surface area contributed by atoms with Crippen molar-refractivity contribution < 1.29 is 18.4 Å². The number of hydrogen-bond acceptors (Lipinski definition) is 2. The molecule has 0 aliphatic carbocycles. The molecule has 1 fully saturated rings. The predicted octanol–water partition coefficient (Wildman–Crippen LogP) is 4.85. The van der Waals surface area contributed by atoms with Gasteiger partial charge in [0.1, 0.15) is 0 Å². The highest BCUT2D eigenvalue weighted by atomic mass is 19.2. The number of amides is 2. The molecule has 0 radical (unpaired) electrons. The Balaban J connectivity index is 1.37. The third-order valence-corrected chi connectivity index (χ3v) is 5.98. The lowest BCUT2D eigenvalue weighted by Gasteiger charge is -2.32. The maximum atomic E-state index is 13.5. The molecule has 1 N–H and O–H groups in total. The summed E-state index contributed by atoms with van der Waals surface area (Å²) in [5.74, 6) is -2.21. The highest BCUT2D eigenvalue weighted by molar-refractivity contribution is 6.07. The third kappa shape index (κ3) is 4.43. The number of rotatable bonds is 4. The minimum Gasteiger partial charge on any atom is -0.349 e. The summed E-state index contributed by atoms with van der Waals surface area (Å²) < 4.78 is 26.6. The lowest BCUT2D eigenvalue weighted by molar-refractivity contribution is -0.127. The zero-order valence-corrected chi connectivity index (χ0v) is 17.3. The van der Waals surface area contributed by atoms with Crippen LogP contribution < -0.4 is 5.32 Å². The average Bonchev–Trinajstić information content (AvgIpc) is 2.80. The second-order valence-electron chi connectivity index (χ2n) is 8.00. The molecule has 31 heavy (non-hydrogen) atoms. The van der Waals surface area contributed by atoms with E-state index in [1.807, 2.05) is 42.5 Å². The summed E-state index contributed by atoms with van der Waals surface area (Å²) in [6.45, 7) is 2.74. The number of piperidine rings is 1. The molecule has 6 heteroatoms. The van der Waals surface area contributed by atoms with Crippen molar-refractivity contribution in [3.63, 3.8) is 0 Å². The number of benzene rings is 3. The van der Waals surface area contributed by atoms with Crippen LogP contribution in [0.5, 0.6) is 0 Å². The van der Waals surface area contributed by atoms with Crippen molar-refractivity contribution in [3.05, 3.63) is 83.4 Å². The van der Waals surface area contributed by atoms with Crippen LogP contribution in [-0.4, -0.2) is 29.8 Å². The van der Waals surface area contributed by atoms with Crippen LogP contribution in [0, 0.1) is 17.6 Å². The molecule has 1 aliphatic heterocycles. The maximum Gasteiger partial charge on any atom is 0.254 e. The molecule has 1 heterocycles. The first kappa shape index (κ1) is 21.0. The molecule has 2 amide bonds. The van der Waals surface area contributed by atoms with Crippen LogP contribution in [-0.2, 0) is 4.79 Å². The Labute approximate surface area is 179 Å². The minimum atomic E-state index is -0.932. The third-order valence-electron chi connectivity index (χ3n) is 5.98. The van der Waals surface area contributed by atoms with Crippen molar-refractivity contribution in [2.45, 2.75) is 25.8 Å². The van der Waals surface area contributed by atoms with Crippen LogP contribution in [0.3, 0.4) is 0 Å². The number of fused-ring (bicyclic) bond motifs is 1. The van der Waals surface area contributed by atoms with Crippen molar-refractivity contribution in [1.82, 2.24) is 10.2 Å². The summed E-state index contributed by atoms with van der Waals surface area (Å²) in [6, 6.07) is 16.7. The summed E-state index contributed by atoms with van der Waals surface area (Å²) in [5, 5.41) is 4.83. The molecule has 0 aromatic heterocycles. The van der Waals surface area contributed by atoms with E-state index in [1.165, 1.54) is 6.07 Å². The van der Waals surface area contributed by atoms with Gasteiger partial charge in [-0.25, -0.2) is 8.78 Å². The summed E-state index contributed by atoms with van der Waals surface area (Å²) >= 11 is 0. The zero-order chi connectivity index (χ0) is 22.0. The van der Waals surface area contributed by atoms with E-state index in [0.717, 1.165) is 22.9 Å². The average molecular weight is 422 g/mol. The first-order valence-corrected chi connectivity index (χ1v) is 10.5. The predicted molar refractivity (Wildman–Crippen MR) is 115 cm³/mol. The topological polar surface area (TPSA) is 49.4 Å². The summed E-state index contributed by atoms with van der Waals surface area (Å²) in [5.41, 5.74) is 1.18. The molecular weight excluding hydrogens is 398 g/mol. The fraction of sp³-hybridized carbons (Fsp3) is 0.280. The quantitative estimate of drug-likeness (QED) is 0.654. The molecule has 3 aromatic rings. The molecule has 4 rings (SSSR count). The Bertz CT molecular complexity index is 1120. The van der Waals surface area contributed by atoms with Crippen LogP contribution in [0.25, 0.3) is 10.8 Å². The van der Waals surface area contributed by atoms with Crippen LogP contribution in [0.4, 0.5) is 8.78 Å². The van der Waals surface area contributed by atoms with Gasteiger partial charge in [-0.2, -0.15) is 0 Å². The van der Waals surface area contributed by atoms with E-state index < -0.39 is 17.7 Å². The number of likely N-dealkylation sites (tertiary alicyclic amines) is 1. The van der Waals surface area contributed by atoms with E-state index in [1.54, 1.807) is 11.8 Å². The van der Waals surface area contributed by atoms with Gasteiger partial charge in [0.25, 0.3) is 5.91 Å². The van der Waals surface area contributed by atoms with Gasteiger partial charge < -0.3 is 10.2 Å². The van der Waals surface area contributed by atoms with Gasteiger partial charge in [-0.05, 0) is 54.3 Å². The van der Waals surface area contributed by atoms with Crippen molar-refractivity contribution in [1.29, 1.82) is 0 Å². The SMILES string of the molecule is C[C@H](NC(=O)C1CCN(C(=O)c2cccc3ccccc23)CC1)c1ccc(F)c(F)c1. The Morgan fingerprint density at radius 2 is 1.68 bits per heavy atom. The molecule has 1 atom stereocenters. The molecule has 160 valence electrons. The molecule has 0 spiro atoms. The van der Waals surface area contributed by atoms with Gasteiger partial charge in [0.2, 0.25) is 5.91 Å². The number of nitrogens with one attached hydrogen (secondary N) is 1. The summed E-state index contributed by atoms with van der Waals surface area (Å²) in [4.78, 5) is 27.5. The molecule has 0 saturated carbocycles. The fourth-order valence-corrected chi connectivity index (χ4v) is 4.12. The Morgan fingerprint density at radius 3 is 2.42 bits per heavy atom. The molecule has 0 unspecified atom stereocenters. The zero-order valence-electron chi connectivity index (χ0n) is 17.3. The second kappa shape index (κ2) is 8.84. The van der Waals surface area contributed by atoms with Gasteiger partial charge >= 0.3 is 0 Å². The standard InChI is InChI=1S/C25H24F2N2O2/c1-16(19-9-10-22(26)23(27)15-19)28-24(30)18-11-13-29(14-12-18)25(31)21-8-4-6-17-5-2-3-7-20(17)21/h2-10,15-16,18H,11-14H2,1H3,(H,28,30)/t16-/m0/s1. The molecule has 0 bridgehead atoms. The molecule has 1 saturated heterocycles. The monoisotopic (exact) mass is 422 g/mol. The maximum absolute atomic E-state index is 13.5. The Hall–Kier alpha value is -3.28. The van der Waals surface area contributed by atoms with Crippen LogP contribution in [0.2, 0.25) is 0 Å². The van der Waals surface area contributed by atoms with Gasteiger partial charge in [0.05, 0.1) is 6.04 Å². The van der Waals surface area contributed by atoms with E-state index in [4.69, 9.17) is 0 Å². The van der Waals surface area contributed by atoms with Gasteiger partial charge in [0, 0.05) is 24.6 Å². The normalized spacial score (nSPS) is 15.6. The molecule has 3 aromatic carbocycles. The fourth-order valence-electron chi connectivity index (χ4n) is 4.12. The van der Waals surface area contributed by atoms with Gasteiger partial charge in [-0.15, -0.1) is 0 Å². The molecular formula is C25H24F2N2O2. The first-order chi connectivity index (χ1) is 14.9. The van der Waals surface area contributed by atoms with Crippen LogP contribution >= 0.6 is 0 Å². The van der Waals surface area contributed by atoms with Crippen molar-refractivity contribution in [2.24, 2.45) is 5.92 Å². The van der Waals surface area contributed by atoms with E-state index >= 15 is 0 Å². The van der Waals surface area contributed by atoms with Gasteiger partial charge in [0.15, 0.2) is 11.6 Å². The summed E-state index contributed by atoms with van der Waals surface area (Å²) in [7, 11) is 0. The van der Waals surface area contributed by atoms with Gasteiger partial charge in [-0.3, -0.25) is 9.59 Å². The highest BCUT2D eigenvalue weighted by Gasteiger charge is 2.29. The van der Waals surface area contributed by atoms with Crippen LogP contribution in [0.15, 0.2) is 60.7 Å². The Morgan fingerprint density at radius 1 is 0.968 bits per heavy atom. The van der Waals surface area contributed by atoms with Crippen LogP contribution in [0.1, 0.15) is 41.7 Å². The van der Waals surface area contributed by atoms with Crippen molar-refractivity contribution in [3.8, 4) is 0 Å². The molecule has 4 nitrogen and oxygen atoms in total. The van der Waals surface area contributed by atoms with Crippen molar-refractivity contribution in [2.75, 3.05) is 13.1 Å². The van der Waals surface area contributed by atoms with E-state index in [-0.39, 0.29) is 17.7 Å². The van der Waals surface area contributed by atoms with E-state index in [2.05, 4.69) is 5.32 Å². The second-order valence-corrected chi connectivity index (χ2v) is 8.00. The first-order valence-electron chi connectivity index (χ1n) is 10.5. The van der Waals surface area contributed by atoms with Gasteiger partial charge in [-0.1, -0.05) is 42.5 Å². The lowest BCUT2D eigenvalue weighted by atomic mass is 9.94. The van der Waals surface area contributed by atoms with Crippen molar-refractivity contribution >= 4 is 22.6 Å². The number of hydrogen-bond donors (Lipinski definition) is 1. The molecule has 1 aliphatic rings. The van der Waals surface area contributed by atoms with E-state index in [0.29, 0.717) is 37.1 Å². The Kier molecular flexibility index (Phi) is 5.98. The van der Waals surface area contributed by atoms with E-state index in [9.17, 15) is 18.4 Å². The highest BCUT2D eigenvalue weighted by Crippen LogP contribution is 2.24. The largest absolute Gasteiger partial charge is 0.349 e. The minimum absolute atomic E-state index is 0.0224. The summed E-state index contributed by atoms with van der Waals surface area (Å²) in [6.07, 6.45) is 1.12. The number of halogens is 2. The lowest BCUT2D eigenvalue weighted by Crippen LogP contribution is -2.43. The number of carbonyl (C=O) groups is 2. The number of nitrogens with zero attached hydrogens (tertiary/aromatic N) is 1. The number of carbonyl (C=O) groups excluding carboxylic acids is 2.